The van der Waals surface area contributed by atoms with Gasteiger partial charge >= 0.3 is 0 Å². The van der Waals surface area contributed by atoms with Gasteiger partial charge in [-0.3, -0.25) is 19.3 Å². The molecule has 2 heterocycles. The maximum absolute atomic E-state index is 13.4. The van der Waals surface area contributed by atoms with E-state index in [4.69, 9.17) is 13.9 Å². The van der Waals surface area contributed by atoms with Gasteiger partial charge in [0.15, 0.2) is 11.5 Å². The third-order valence-electron chi connectivity index (χ3n) is 7.56. The van der Waals surface area contributed by atoms with Crippen molar-refractivity contribution in [2.45, 2.75) is 31.9 Å². The molecular weight excluding hydrogens is 563 g/mol. The number of carbonyl (C=O) groups is 3. The third-order valence-corrected chi connectivity index (χ3v) is 7.56. The van der Waals surface area contributed by atoms with Crippen LogP contribution in [0.2, 0.25) is 0 Å². The van der Waals surface area contributed by atoms with E-state index in [2.05, 4.69) is 5.32 Å². The number of carbonyl (C=O) groups excluding carboxylic acids is 3. The summed E-state index contributed by atoms with van der Waals surface area (Å²) >= 11 is 0. The molecule has 0 aliphatic carbocycles. The van der Waals surface area contributed by atoms with Gasteiger partial charge in [0.2, 0.25) is 11.7 Å². The maximum Gasteiger partial charge on any atom is 0.234 e. The van der Waals surface area contributed by atoms with Gasteiger partial charge in [-0.15, -0.1) is 0 Å². The Morgan fingerprint density at radius 2 is 1.55 bits per heavy atom. The highest BCUT2D eigenvalue weighted by molar-refractivity contribution is 5.95. The molecule has 5 rings (SSSR count). The highest BCUT2D eigenvalue weighted by Gasteiger charge is 2.29. The second-order valence-corrected chi connectivity index (χ2v) is 10.9. The molecule has 1 amide bonds. The Balaban J connectivity index is 1.15. The van der Waals surface area contributed by atoms with Crippen LogP contribution in [0.1, 0.15) is 34.5 Å². The molecule has 44 heavy (non-hydrogen) atoms. The molecule has 3 aromatic carbocycles. The third kappa shape index (κ3) is 8.95. The van der Waals surface area contributed by atoms with Crippen LogP contribution >= 0.6 is 0 Å². The number of furan rings is 1. The zero-order valence-electron chi connectivity index (χ0n) is 24.3. The first-order valence-electron chi connectivity index (χ1n) is 14.7. The van der Waals surface area contributed by atoms with Crippen molar-refractivity contribution in [3.8, 4) is 11.5 Å². The molecule has 0 spiro atoms. The van der Waals surface area contributed by atoms with Gasteiger partial charge in [0.05, 0.1) is 26.0 Å². The molecule has 1 aliphatic rings. The Hall–Kier alpha value is -4.60. The van der Waals surface area contributed by atoms with Gasteiger partial charge in [0.1, 0.15) is 23.4 Å². The first-order chi connectivity index (χ1) is 21.4. The van der Waals surface area contributed by atoms with Crippen LogP contribution in [0, 0.1) is 11.7 Å². The van der Waals surface area contributed by atoms with Crippen LogP contribution in [0.3, 0.4) is 0 Å². The molecule has 4 aromatic rings. The quantitative estimate of drug-likeness (QED) is 0.188. The summed E-state index contributed by atoms with van der Waals surface area (Å²) in [5, 5.41) is 2.88. The molecule has 228 valence electrons. The molecule has 1 fully saturated rings. The lowest BCUT2D eigenvalue weighted by molar-refractivity contribution is -0.130. The van der Waals surface area contributed by atoms with Gasteiger partial charge in [-0.05, 0) is 85.6 Å². The number of hydrogen-bond acceptors (Lipinski definition) is 7. The molecule has 1 aromatic heterocycles. The summed E-state index contributed by atoms with van der Waals surface area (Å²) < 4.78 is 30.0. The van der Waals surface area contributed by atoms with E-state index in [1.165, 1.54) is 30.5 Å². The minimum Gasteiger partial charge on any atom is -0.461 e. The Bertz CT molecular complexity index is 1500. The van der Waals surface area contributed by atoms with E-state index in [0.717, 1.165) is 11.1 Å². The van der Waals surface area contributed by atoms with Gasteiger partial charge in [0, 0.05) is 12.3 Å². The monoisotopic (exact) mass is 598 g/mol. The largest absolute Gasteiger partial charge is 0.461 e. The second-order valence-electron chi connectivity index (χ2n) is 10.9. The normalized spacial score (nSPS) is 14.6. The van der Waals surface area contributed by atoms with Gasteiger partial charge in [-0.1, -0.05) is 42.5 Å². The van der Waals surface area contributed by atoms with E-state index in [1.54, 1.807) is 36.4 Å². The second kappa shape index (κ2) is 15.2. The molecule has 1 aliphatic heterocycles. The van der Waals surface area contributed by atoms with Crippen LogP contribution in [-0.2, 0) is 27.4 Å². The van der Waals surface area contributed by atoms with E-state index < -0.39 is 6.04 Å². The summed E-state index contributed by atoms with van der Waals surface area (Å²) in [5.41, 5.74) is 1.72. The maximum atomic E-state index is 13.4. The zero-order valence-corrected chi connectivity index (χ0v) is 24.3. The summed E-state index contributed by atoms with van der Waals surface area (Å²) in [6.07, 6.45) is 2.86. The van der Waals surface area contributed by atoms with Gasteiger partial charge in [-0.2, -0.15) is 0 Å². The molecule has 0 unspecified atom stereocenters. The van der Waals surface area contributed by atoms with Crippen LogP contribution in [0.15, 0.2) is 102 Å². The summed E-state index contributed by atoms with van der Waals surface area (Å²) in [6.45, 7) is 1.66. The van der Waals surface area contributed by atoms with E-state index in [0.29, 0.717) is 49.8 Å². The average molecular weight is 599 g/mol. The summed E-state index contributed by atoms with van der Waals surface area (Å²) in [6, 6.07) is 24.9. The summed E-state index contributed by atoms with van der Waals surface area (Å²) in [4.78, 5) is 41.1. The number of benzene rings is 3. The Labute approximate surface area is 255 Å². The van der Waals surface area contributed by atoms with Crippen molar-refractivity contribution in [1.29, 1.82) is 0 Å². The molecule has 0 radical (unpaired) electrons. The number of ketones is 2. The number of ether oxygens (including phenoxy) is 2. The molecule has 0 saturated carbocycles. The number of nitrogens with one attached hydrogen (secondary N) is 1. The van der Waals surface area contributed by atoms with Crippen molar-refractivity contribution in [1.82, 2.24) is 10.2 Å². The van der Waals surface area contributed by atoms with Gasteiger partial charge in [0.25, 0.3) is 0 Å². The lowest BCUT2D eigenvalue weighted by atomic mass is 9.91. The molecule has 9 heteroatoms. The predicted octanol–water partition coefficient (Wildman–Crippen LogP) is 5.62. The SMILES string of the molecule is O=C(CN1CCC(C(=O)c2ccco2)CC1)N[C@@H](COCc1ccccc1)C(=O)Cc1ccc(Oc2ccc(F)cc2)cc1. The standard InChI is InChI=1S/C35H35FN2O6/c36-28-10-14-30(15-11-28)44-29-12-8-25(9-13-29)21-32(39)31(24-42-23-26-5-2-1-3-6-26)37-34(40)22-38-18-16-27(17-19-38)35(41)33-7-4-20-43-33/h1-15,20,27,31H,16-19,21-24H2,(H,37,40)/t31-/m0/s1. The lowest BCUT2D eigenvalue weighted by Gasteiger charge is -2.30. The zero-order chi connectivity index (χ0) is 30.7. The van der Waals surface area contributed by atoms with Crippen molar-refractivity contribution in [2.24, 2.45) is 5.92 Å². The van der Waals surface area contributed by atoms with Crippen LogP contribution in [0.5, 0.6) is 11.5 Å². The predicted molar refractivity (Wildman–Crippen MR) is 162 cm³/mol. The summed E-state index contributed by atoms with van der Waals surface area (Å²) in [5.74, 6) is 0.493. The molecule has 1 saturated heterocycles. The molecule has 1 atom stereocenters. The first kappa shape index (κ1) is 30.8. The number of hydrogen-bond donors (Lipinski definition) is 1. The van der Waals surface area contributed by atoms with Crippen molar-refractivity contribution >= 4 is 17.5 Å². The highest BCUT2D eigenvalue weighted by atomic mass is 19.1. The van der Waals surface area contributed by atoms with Gasteiger partial charge in [-0.25, -0.2) is 4.39 Å². The average Bonchev–Trinajstić information content (AvgIpc) is 3.58. The summed E-state index contributed by atoms with van der Waals surface area (Å²) in [7, 11) is 0. The van der Waals surface area contributed by atoms with Crippen LogP contribution < -0.4 is 10.1 Å². The number of nitrogens with zero attached hydrogens (tertiary/aromatic N) is 1. The number of piperidine rings is 1. The number of likely N-dealkylation sites (tertiary alicyclic amines) is 1. The van der Waals surface area contributed by atoms with Gasteiger partial charge < -0.3 is 19.2 Å². The smallest absolute Gasteiger partial charge is 0.234 e. The molecule has 1 N–H and O–H groups in total. The van der Waals surface area contributed by atoms with Crippen LogP contribution in [-0.4, -0.2) is 54.7 Å². The van der Waals surface area contributed by atoms with E-state index in [-0.39, 0.29) is 48.8 Å². The Morgan fingerprint density at radius 1 is 0.864 bits per heavy atom. The van der Waals surface area contributed by atoms with Crippen LogP contribution in [0.25, 0.3) is 0 Å². The fraction of sp³-hybridized carbons (Fsp3) is 0.286. The van der Waals surface area contributed by atoms with Crippen molar-refractivity contribution < 1.29 is 32.7 Å². The number of Topliss-reactive ketones (excluding diaryl/α,β-unsaturated/α-hetero) is 2. The fourth-order valence-corrected chi connectivity index (χ4v) is 5.14. The topological polar surface area (TPSA) is 98.1 Å². The Kier molecular flexibility index (Phi) is 10.7. The number of amides is 1. The van der Waals surface area contributed by atoms with E-state index >= 15 is 0 Å². The van der Waals surface area contributed by atoms with Crippen LogP contribution in [0.4, 0.5) is 4.39 Å². The number of rotatable bonds is 14. The minimum absolute atomic E-state index is 0.00428. The highest BCUT2D eigenvalue weighted by Crippen LogP contribution is 2.23. The number of halogens is 1. The Morgan fingerprint density at radius 3 is 2.20 bits per heavy atom. The fourth-order valence-electron chi connectivity index (χ4n) is 5.14. The minimum atomic E-state index is -0.834. The molecular formula is C35H35FN2O6. The van der Waals surface area contributed by atoms with Crippen molar-refractivity contribution in [2.75, 3.05) is 26.2 Å². The van der Waals surface area contributed by atoms with Crippen molar-refractivity contribution in [3.05, 3.63) is 120 Å². The van der Waals surface area contributed by atoms with E-state index in [1.807, 2.05) is 35.2 Å². The molecule has 8 nitrogen and oxygen atoms in total. The first-order valence-corrected chi connectivity index (χ1v) is 14.7. The van der Waals surface area contributed by atoms with Crippen molar-refractivity contribution in [3.63, 3.8) is 0 Å². The molecule has 0 bridgehead atoms. The lowest BCUT2D eigenvalue weighted by Crippen LogP contribution is -2.49. The van der Waals surface area contributed by atoms with E-state index in [9.17, 15) is 18.8 Å².